The quantitative estimate of drug-likeness (QED) is 0.683. The third-order valence-corrected chi connectivity index (χ3v) is 2.94. The van der Waals surface area contributed by atoms with Crippen LogP contribution in [0.2, 0.25) is 0 Å². The van der Waals surface area contributed by atoms with Crippen molar-refractivity contribution in [2.75, 3.05) is 0 Å². The molecule has 0 fully saturated rings. The minimum atomic E-state index is 0.230. The van der Waals surface area contributed by atoms with E-state index in [1.165, 1.54) is 10.4 Å². The Balaban J connectivity index is 2.95. The SMILES string of the molecule is CC(C)(C)Cc1sncc1C(C)(C)C. The predicted octanol–water partition coefficient (Wildman–Crippen LogP) is 4.03. The molecular weight excluding hydrogens is 190 g/mol. The molecule has 0 amide bonds. The molecule has 0 saturated heterocycles. The van der Waals surface area contributed by atoms with Crippen LogP contribution in [0.1, 0.15) is 52.0 Å². The molecule has 0 aliphatic carbocycles. The van der Waals surface area contributed by atoms with E-state index in [1.807, 2.05) is 6.20 Å². The average molecular weight is 211 g/mol. The molecule has 0 saturated carbocycles. The molecule has 1 aromatic rings. The number of nitrogens with zero attached hydrogens (tertiary/aromatic N) is 1. The normalized spacial score (nSPS) is 13.3. The second kappa shape index (κ2) is 3.65. The van der Waals surface area contributed by atoms with Crippen molar-refractivity contribution in [3.8, 4) is 0 Å². The van der Waals surface area contributed by atoms with Crippen molar-refractivity contribution in [3.05, 3.63) is 16.6 Å². The lowest BCUT2D eigenvalue weighted by Crippen LogP contribution is -2.16. The maximum atomic E-state index is 4.31. The Labute approximate surface area is 91.7 Å². The fraction of sp³-hybridized carbons (Fsp3) is 0.750. The lowest BCUT2D eigenvalue weighted by Gasteiger charge is -2.22. The Morgan fingerprint density at radius 3 is 2.14 bits per heavy atom. The van der Waals surface area contributed by atoms with Gasteiger partial charge in [-0.1, -0.05) is 41.5 Å². The fourth-order valence-electron chi connectivity index (χ4n) is 1.48. The molecule has 0 radical (unpaired) electrons. The largest absolute Gasteiger partial charge is 0.201 e. The molecule has 2 heteroatoms. The monoisotopic (exact) mass is 211 g/mol. The summed E-state index contributed by atoms with van der Waals surface area (Å²) in [7, 11) is 0. The second-order valence-corrected chi connectivity index (χ2v) is 7.04. The van der Waals surface area contributed by atoms with E-state index in [9.17, 15) is 0 Å². The summed E-state index contributed by atoms with van der Waals surface area (Å²) in [6.07, 6.45) is 3.16. The van der Waals surface area contributed by atoms with Crippen LogP contribution in [-0.4, -0.2) is 4.37 Å². The van der Waals surface area contributed by atoms with Crippen LogP contribution in [0.15, 0.2) is 6.20 Å². The molecule has 0 aromatic carbocycles. The molecule has 1 heterocycles. The van der Waals surface area contributed by atoms with E-state index < -0.39 is 0 Å². The van der Waals surface area contributed by atoms with Gasteiger partial charge in [0.25, 0.3) is 0 Å². The van der Waals surface area contributed by atoms with E-state index in [4.69, 9.17) is 0 Å². The van der Waals surface area contributed by atoms with Gasteiger partial charge in [0, 0.05) is 11.1 Å². The summed E-state index contributed by atoms with van der Waals surface area (Å²) in [5.74, 6) is 0. The molecule has 1 nitrogen and oxygen atoms in total. The summed E-state index contributed by atoms with van der Waals surface area (Å²) in [4.78, 5) is 1.45. The number of rotatable bonds is 1. The van der Waals surface area contributed by atoms with Crippen LogP contribution in [0.5, 0.6) is 0 Å². The maximum absolute atomic E-state index is 4.31. The first-order valence-corrected chi connectivity index (χ1v) is 5.91. The van der Waals surface area contributed by atoms with E-state index in [0.29, 0.717) is 5.41 Å². The first-order chi connectivity index (χ1) is 6.20. The summed E-state index contributed by atoms with van der Waals surface area (Å²) in [6, 6.07) is 0. The van der Waals surface area contributed by atoms with Crippen molar-refractivity contribution in [1.29, 1.82) is 0 Å². The van der Waals surface area contributed by atoms with Crippen molar-refractivity contribution in [1.82, 2.24) is 4.37 Å². The molecule has 0 spiro atoms. The van der Waals surface area contributed by atoms with Crippen LogP contribution in [0.4, 0.5) is 0 Å². The van der Waals surface area contributed by atoms with E-state index in [0.717, 1.165) is 6.42 Å². The van der Waals surface area contributed by atoms with Gasteiger partial charge in [-0.15, -0.1) is 0 Å². The first-order valence-electron chi connectivity index (χ1n) is 5.14. The molecule has 0 aliphatic heterocycles. The molecule has 80 valence electrons. The molecule has 14 heavy (non-hydrogen) atoms. The van der Waals surface area contributed by atoms with Gasteiger partial charge in [0.05, 0.1) is 0 Å². The zero-order chi connectivity index (χ0) is 11.0. The van der Waals surface area contributed by atoms with Gasteiger partial charge in [0.15, 0.2) is 0 Å². The average Bonchev–Trinajstić information content (AvgIpc) is 2.29. The lowest BCUT2D eigenvalue weighted by molar-refractivity contribution is 0.410. The smallest absolute Gasteiger partial charge is 0.0447 e. The number of hydrogen-bond acceptors (Lipinski definition) is 2. The fourth-order valence-corrected chi connectivity index (χ4v) is 2.73. The summed E-state index contributed by atoms with van der Waals surface area (Å²) in [5.41, 5.74) is 2.00. The zero-order valence-corrected chi connectivity index (χ0v) is 11.0. The summed E-state index contributed by atoms with van der Waals surface area (Å²) in [6.45, 7) is 13.6. The van der Waals surface area contributed by atoms with E-state index in [-0.39, 0.29) is 5.41 Å². The van der Waals surface area contributed by atoms with E-state index in [2.05, 4.69) is 45.9 Å². The van der Waals surface area contributed by atoms with Crippen LogP contribution in [0.3, 0.4) is 0 Å². The van der Waals surface area contributed by atoms with Crippen LogP contribution in [-0.2, 0) is 11.8 Å². The minimum Gasteiger partial charge on any atom is -0.201 e. The van der Waals surface area contributed by atoms with Crippen molar-refractivity contribution in [2.24, 2.45) is 5.41 Å². The van der Waals surface area contributed by atoms with Gasteiger partial charge in [-0.2, -0.15) is 0 Å². The van der Waals surface area contributed by atoms with Gasteiger partial charge in [-0.05, 0) is 34.3 Å². The second-order valence-electron chi connectivity index (χ2n) is 6.15. The molecule has 1 rings (SSSR count). The van der Waals surface area contributed by atoms with E-state index in [1.54, 1.807) is 11.5 Å². The Morgan fingerprint density at radius 1 is 1.14 bits per heavy atom. The molecule has 0 unspecified atom stereocenters. The van der Waals surface area contributed by atoms with E-state index >= 15 is 0 Å². The highest BCUT2D eigenvalue weighted by atomic mass is 32.1. The van der Waals surface area contributed by atoms with Gasteiger partial charge in [-0.3, -0.25) is 0 Å². The van der Waals surface area contributed by atoms with Crippen LogP contribution >= 0.6 is 11.5 Å². The van der Waals surface area contributed by atoms with Crippen molar-refractivity contribution in [3.63, 3.8) is 0 Å². The standard InChI is InChI=1S/C12H21NS/c1-11(2,3)7-10-9(8-13-14-10)12(4,5)6/h8H,7H2,1-6H3. The summed E-state index contributed by atoms with van der Waals surface area (Å²) < 4.78 is 4.31. The molecular formula is C12H21NS. The lowest BCUT2D eigenvalue weighted by atomic mass is 9.83. The Morgan fingerprint density at radius 2 is 1.71 bits per heavy atom. The molecule has 0 aliphatic rings. The Hall–Kier alpha value is -0.370. The Kier molecular flexibility index (Phi) is 3.05. The minimum absolute atomic E-state index is 0.230. The van der Waals surface area contributed by atoms with Gasteiger partial charge in [-0.25, -0.2) is 4.37 Å². The van der Waals surface area contributed by atoms with Crippen LogP contribution < -0.4 is 0 Å². The number of hydrogen-bond donors (Lipinski definition) is 0. The zero-order valence-electron chi connectivity index (χ0n) is 10.1. The van der Waals surface area contributed by atoms with Crippen molar-refractivity contribution >= 4 is 11.5 Å². The van der Waals surface area contributed by atoms with Gasteiger partial charge in [0.1, 0.15) is 0 Å². The maximum Gasteiger partial charge on any atom is 0.0447 e. The number of aromatic nitrogens is 1. The van der Waals surface area contributed by atoms with Gasteiger partial charge < -0.3 is 0 Å². The molecule has 0 atom stereocenters. The third kappa shape index (κ3) is 3.09. The predicted molar refractivity (Wildman–Crippen MR) is 64.0 cm³/mol. The highest BCUT2D eigenvalue weighted by molar-refractivity contribution is 7.05. The van der Waals surface area contributed by atoms with Crippen molar-refractivity contribution in [2.45, 2.75) is 53.4 Å². The highest BCUT2D eigenvalue weighted by Crippen LogP contribution is 2.32. The highest BCUT2D eigenvalue weighted by Gasteiger charge is 2.23. The molecule has 0 bridgehead atoms. The van der Waals surface area contributed by atoms with Gasteiger partial charge >= 0.3 is 0 Å². The summed E-state index contributed by atoms with van der Waals surface area (Å²) >= 11 is 1.65. The topological polar surface area (TPSA) is 12.9 Å². The molecule has 0 N–H and O–H groups in total. The Bertz CT molecular complexity index is 299. The summed E-state index contributed by atoms with van der Waals surface area (Å²) in [5, 5.41) is 0. The van der Waals surface area contributed by atoms with Crippen LogP contribution in [0, 0.1) is 5.41 Å². The van der Waals surface area contributed by atoms with Crippen LogP contribution in [0.25, 0.3) is 0 Å². The van der Waals surface area contributed by atoms with Gasteiger partial charge in [0.2, 0.25) is 0 Å². The molecule has 1 aromatic heterocycles. The van der Waals surface area contributed by atoms with Crippen molar-refractivity contribution < 1.29 is 0 Å². The third-order valence-electron chi connectivity index (χ3n) is 2.14. The first kappa shape index (κ1) is 11.7.